The van der Waals surface area contributed by atoms with Crippen LogP contribution in [0.4, 0.5) is 0 Å². The lowest BCUT2D eigenvalue weighted by atomic mass is 9.75. The van der Waals surface area contributed by atoms with E-state index in [0.717, 1.165) is 41.7 Å². The van der Waals surface area contributed by atoms with Crippen LogP contribution >= 0.6 is 0 Å². The lowest BCUT2D eigenvalue weighted by molar-refractivity contribution is -0.00766. The van der Waals surface area contributed by atoms with Gasteiger partial charge in [-0.1, -0.05) is 32.1 Å². The van der Waals surface area contributed by atoms with Gasteiger partial charge in [0.05, 0.1) is 6.10 Å². The van der Waals surface area contributed by atoms with Crippen molar-refractivity contribution in [2.75, 3.05) is 0 Å². The van der Waals surface area contributed by atoms with Crippen molar-refractivity contribution in [3.8, 4) is 11.5 Å². The highest BCUT2D eigenvalue weighted by Crippen LogP contribution is 2.44. The summed E-state index contributed by atoms with van der Waals surface area (Å²) >= 11 is 0. The van der Waals surface area contributed by atoms with Crippen LogP contribution in [0, 0.1) is 18.3 Å². The highest BCUT2D eigenvalue weighted by atomic mass is 16.5. The maximum atomic E-state index is 10.8. The Hall–Kier alpha value is -1.74. The number of aryl methyl sites for hydroxylation is 1. The zero-order chi connectivity index (χ0) is 19.1. The SMILES string of the molecule is C/C1=C/CC(C)(C)/C=C/C[C@@]2(C)Oc3cc(O)cc(C)c3C[C@@H]2C[C@@H]1O. The highest BCUT2D eigenvalue weighted by Gasteiger charge is 2.42. The minimum absolute atomic E-state index is 0.0542. The van der Waals surface area contributed by atoms with Gasteiger partial charge in [0.1, 0.15) is 17.1 Å². The van der Waals surface area contributed by atoms with Gasteiger partial charge in [0.2, 0.25) is 0 Å². The number of fused-ring (bicyclic) bond motifs is 2. The van der Waals surface area contributed by atoms with E-state index in [2.05, 4.69) is 39.0 Å². The molecular formula is C23H32O3. The summed E-state index contributed by atoms with van der Waals surface area (Å²) in [5.74, 6) is 1.24. The van der Waals surface area contributed by atoms with Crippen molar-refractivity contribution in [1.82, 2.24) is 0 Å². The quantitative estimate of drug-likeness (QED) is 0.637. The van der Waals surface area contributed by atoms with Crippen LogP contribution in [0.15, 0.2) is 35.9 Å². The first-order chi connectivity index (χ1) is 12.1. The van der Waals surface area contributed by atoms with Crippen LogP contribution in [0.25, 0.3) is 0 Å². The molecule has 3 atom stereocenters. The van der Waals surface area contributed by atoms with Crippen LogP contribution in [-0.2, 0) is 6.42 Å². The Balaban J connectivity index is 2.02. The van der Waals surface area contributed by atoms with Crippen molar-refractivity contribution >= 4 is 0 Å². The van der Waals surface area contributed by atoms with Crippen LogP contribution in [0.1, 0.15) is 58.1 Å². The Labute approximate surface area is 157 Å². The van der Waals surface area contributed by atoms with Crippen molar-refractivity contribution in [2.24, 2.45) is 11.3 Å². The van der Waals surface area contributed by atoms with Gasteiger partial charge in [0, 0.05) is 18.4 Å². The number of allylic oxidation sites excluding steroid dienone is 2. The Morgan fingerprint density at radius 3 is 2.58 bits per heavy atom. The topological polar surface area (TPSA) is 49.7 Å². The summed E-state index contributed by atoms with van der Waals surface area (Å²) in [7, 11) is 0. The van der Waals surface area contributed by atoms with Crippen molar-refractivity contribution in [2.45, 2.75) is 72.0 Å². The van der Waals surface area contributed by atoms with Crippen LogP contribution in [0.5, 0.6) is 11.5 Å². The Kier molecular flexibility index (Phi) is 4.96. The van der Waals surface area contributed by atoms with Crippen molar-refractivity contribution < 1.29 is 14.9 Å². The van der Waals surface area contributed by atoms with Crippen molar-refractivity contribution in [1.29, 1.82) is 0 Å². The van der Waals surface area contributed by atoms with E-state index in [4.69, 9.17) is 4.74 Å². The van der Waals surface area contributed by atoms with Gasteiger partial charge in [-0.05, 0) is 68.2 Å². The number of aromatic hydroxyl groups is 1. The number of benzene rings is 1. The molecule has 1 aromatic rings. The van der Waals surface area contributed by atoms with E-state index in [1.807, 2.05) is 13.8 Å². The molecule has 1 aromatic carbocycles. The van der Waals surface area contributed by atoms with Crippen LogP contribution in [-0.4, -0.2) is 21.9 Å². The van der Waals surface area contributed by atoms with Gasteiger partial charge in [-0.2, -0.15) is 0 Å². The van der Waals surface area contributed by atoms with Gasteiger partial charge in [0.25, 0.3) is 0 Å². The lowest BCUT2D eigenvalue weighted by Gasteiger charge is -2.43. The van der Waals surface area contributed by atoms with Gasteiger partial charge >= 0.3 is 0 Å². The molecule has 0 spiro atoms. The molecule has 0 radical (unpaired) electrons. The second-order valence-electron chi connectivity index (χ2n) is 9.05. The fourth-order valence-electron chi connectivity index (χ4n) is 4.15. The predicted octanol–water partition coefficient (Wildman–Crippen LogP) is 5.08. The molecule has 0 saturated carbocycles. The summed E-state index contributed by atoms with van der Waals surface area (Å²) in [6.07, 6.45) is 9.49. The van der Waals surface area contributed by atoms with Crippen LogP contribution < -0.4 is 4.74 Å². The summed E-state index contributed by atoms with van der Waals surface area (Å²) in [5, 5.41) is 20.8. The molecule has 2 aliphatic rings. The van der Waals surface area contributed by atoms with E-state index < -0.39 is 11.7 Å². The molecule has 3 nitrogen and oxygen atoms in total. The summed E-state index contributed by atoms with van der Waals surface area (Å²) in [6.45, 7) is 10.6. The molecule has 3 heteroatoms. The molecule has 26 heavy (non-hydrogen) atoms. The molecule has 0 amide bonds. The molecule has 0 unspecified atom stereocenters. The first-order valence-corrected chi connectivity index (χ1v) is 9.63. The molecule has 1 aliphatic carbocycles. The molecule has 1 heterocycles. The fourth-order valence-corrected chi connectivity index (χ4v) is 4.15. The van der Waals surface area contributed by atoms with Gasteiger partial charge in [0.15, 0.2) is 0 Å². The lowest BCUT2D eigenvalue weighted by Crippen LogP contribution is -2.46. The van der Waals surface area contributed by atoms with E-state index in [1.54, 1.807) is 12.1 Å². The number of ether oxygens (including phenoxy) is 1. The van der Waals surface area contributed by atoms with Crippen LogP contribution in [0.3, 0.4) is 0 Å². The fraction of sp³-hybridized carbons (Fsp3) is 0.565. The van der Waals surface area contributed by atoms with Crippen LogP contribution in [0.2, 0.25) is 0 Å². The molecule has 2 N–H and O–H groups in total. The number of hydrogen-bond donors (Lipinski definition) is 2. The molecule has 0 aromatic heterocycles. The van der Waals surface area contributed by atoms with E-state index in [1.165, 1.54) is 0 Å². The largest absolute Gasteiger partial charge is 0.508 e. The molecule has 1 aliphatic heterocycles. The third-order valence-corrected chi connectivity index (χ3v) is 6.15. The first kappa shape index (κ1) is 19.0. The van der Waals surface area contributed by atoms with Crippen molar-refractivity contribution in [3.63, 3.8) is 0 Å². The summed E-state index contributed by atoms with van der Waals surface area (Å²) in [6, 6.07) is 3.52. The molecule has 3 rings (SSSR count). The smallest absolute Gasteiger partial charge is 0.127 e. The normalized spacial score (nSPS) is 34.3. The minimum Gasteiger partial charge on any atom is -0.508 e. The molecular weight excluding hydrogens is 324 g/mol. The standard InChI is InChI=1S/C23H32O3/c1-15-7-10-22(3,4)8-6-9-23(5)17(13-20(15)25)12-19-16(2)11-18(24)14-21(19)26-23/h6-8,11,14,17,20,24-25H,9-10,12-13H2,1-5H3/b8-6+,15-7-/t17-,20+,23-/m1/s1. The maximum Gasteiger partial charge on any atom is 0.127 e. The molecule has 0 bridgehead atoms. The van der Waals surface area contributed by atoms with E-state index in [0.29, 0.717) is 6.42 Å². The third kappa shape index (κ3) is 3.83. The van der Waals surface area contributed by atoms with E-state index in [9.17, 15) is 10.2 Å². The number of hydrogen-bond acceptors (Lipinski definition) is 3. The van der Waals surface area contributed by atoms with Gasteiger partial charge < -0.3 is 14.9 Å². The van der Waals surface area contributed by atoms with E-state index in [-0.39, 0.29) is 17.1 Å². The van der Waals surface area contributed by atoms with Gasteiger partial charge in [-0.25, -0.2) is 0 Å². The number of rotatable bonds is 0. The number of aliphatic hydroxyl groups is 1. The van der Waals surface area contributed by atoms with E-state index >= 15 is 0 Å². The maximum absolute atomic E-state index is 10.8. The Bertz CT molecular complexity index is 744. The monoisotopic (exact) mass is 356 g/mol. The second kappa shape index (κ2) is 6.77. The first-order valence-electron chi connectivity index (χ1n) is 9.63. The Morgan fingerprint density at radius 2 is 1.85 bits per heavy atom. The molecule has 0 fully saturated rings. The van der Waals surface area contributed by atoms with Gasteiger partial charge in [-0.15, -0.1) is 0 Å². The predicted molar refractivity (Wildman–Crippen MR) is 106 cm³/mol. The zero-order valence-corrected chi connectivity index (χ0v) is 16.7. The average molecular weight is 357 g/mol. The molecule has 0 saturated heterocycles. The summed E-state index contributed by atoms with van der Waals surface area (Å²) in [5.41, 5.74) is 2.90. The second-order valence-corrected chi connectivity index (χ2v) is 9.05. The number of phenolic OH excluding ortho intramolecular Hbond substituents is 1. The van der Waals surface area contributed by atoms with Crippen molar-refractivity contribution in [3.05, 3.63) is 47.1 Å². The zero-order valence-electron chi connectivity index (χ0n) is 16.7. The number of phenols is 1. The number of aliphatic hydroxyl groups excluding tert-OH is 1. The minimum atomic E-state index is -0.448. The molecule has 142 valence electrons. The summed E-state index contributed by atoms with van der Waals surface area (Å²) in [4.78, 5) is 0. The third-order valence-electron chi connectivity index (χ3n) is 6.15. The average Bonchev–Trinajstić information content (AvgIpc) is 2.54. The Morgan fingerprint density at radius 1 is 1.12 bits per heavy atom. The highest BCUT2D eigenvalue weighted by molar-refractivity contribution is 5.47. The van der Waals surface area contributed by atoms with Gasteiger partial charge in [-0.3, -0.25) is 0 Å². The summed E-state index contributed by atoms with van der Waals surface area (Å²) < 4.78 is 6.47.